The first-order chi connectivity index (χ1) is 7.38. The molecule has 0 aliphatic heterocycles. The van der Waals surface area contributed by atoms with Gasteiger partial charge in [0, 0.05) is 13.2 Å². The van der Waals surface area contributed by atoms with Gasteiger partial charge in [0.05, 0.1) is 6.10 Å². The lowest BCUT2D eigenvalue weighted by molar-refractivity contribution is 0.0418. The maximum Gasteiger partial charge on any atom is 0.0724 e. The Morgan fingerprint density at radius 1 is 1.13 bits per heavy atom. The summed E-state index contributed by atoms with van der Waals surface area (Å²) in [4.78, 5) is 0. The largest absolute Gasteiger partial charge is 0.380 e. The molecular formula is C13H27NO. The van der Waals surface area contributed by atoms with Gasteiger partial charge in [0.15, 0.2) is 0 Å². The maximum absolute atomic E-state index is 5.52. The molecule has 0 heterocycles. The van der Waals surface area contributed by atoms with E-state index in [0.717, 1.165) is 0 Å². The van der Waals surface area contributed by atoms with Crippen LogP contribution in [0.25, 0.3) is 0 Å². The summed E-state index contributed by atoms with van der Waals surface area (Å²) in [6, 6.07) is 0.616. The van der Waals surface area contributed by atoms with Crippen LogP contribution in [0.15, 0.2) is 0 Å². The summed E-state index contributed by atoms with van der Waals surface area (Å²) in [5.74, 6) is 0. The number of hydrogen-bond acceptors (Lipinski definition) is 2. The molecule has 1 N–H and O–H groups in total. The molecule has 0 saturated heterocycles. The Hall–Kier alpha value is -0.0800. The third kappa shape index (κ3) is 4.98. The smallest absolute Gasteiger partial charge is 0.0724 e. The SMILES string of the molecule is CCCCCCNC1CCCCC1OC. The van der Waals surface area contributed by atoms with E-state index in [4.69, 9.17) is 4.74 Å². The Bertz CT molecular complexity index is 149. The first-order valence-corrected chi connectivity index (χ1v) is 6.64. The molecule has 0 aromatic heterocycles. The van der Waals surface area contributed by atoms with Crippen molar-refractivity contribution >= 4 is 0 Å². The zero-order chi connectivity index (χ0) is 10.9. The topological polar surface area (TPSA) is 21.3 Å². The Labute approximate surface area is 94.8 Å². The van der Waals surface area contributed by atoms with Crippen LogP contribution in [0.1, 0.15) is 58.3 Å². The Morgan fingerprint density at radius 3 is 2.67 bits per heavy atom. The second-order valence-corrected chi connectivity index (χ2v) is 4.68. The van der Waals surface area contributed by atoms with Crippen molar-refractivity contribution in [1.29, 1.82) is 0 Å². The molecule has 1 fully saturated rings. The predicted molar refractivity (Wildman–Crippen MR) is 65.2 cm³/mol. The van der Waals surface area contributed by atoms with Crippen LogP contribution in [0.5, 0.6) is 0 Å². The Balaban J connectivity index is 2.07. The summed E-state index contributed by atoms with van der Waals surface area (Å²) in [7, 11) is 1.85. The number of methoxy groups -OCH3 is 1. The van der Waals surface area contributed by atoms with Crippen molar-refractivity contribution in [2.24, 2.45) is 0 Å². The lowest BCUT2D eigenvalue weighted by Crippen LogP contribution is -2.43. The molecule has 2 atom stereocenters. The molecular weight excluding hydrogens is 186 g/mol. The number of hydrogen-bond donors (Lipinski definition) is 1. The van der Waals surface area contributed by atoms with Crippen molar-refractivity contribution in [2.75, 3.05) is 13.7 Å². The van der Waals surface area contributed by atoms with E-state index in [1.54, 1.807) is 0 Å². The molecule has 1 rings (SSSR count). The molecule has 2 heteroatoms. The van der Waals surface area contributed by atoms with Gasteiger partial charge in [0.25, 0.3) is 0 Å². The first-order valence-electron chi connectivity index (χ1n) is 6.64. The van der Waals surface area contributed by atoms with Crippen molar-refractivity contribution in [1.82, 2.24) is 5.32 Å². The minimum absolute atomic E-state index is 0.463. The van der Waals surface area contributed by atoms with Gasteiger partial charge in [0.2, 0.25) is 0 Å². The second-order valence-electron chi connectivity index (χ2n) is 4.68. The molecule has 1 aliphatic carbocycles. The van der Waals surface area contributed by atoms with Gasteiger partial charge in [-0.2, -0.15) is 0 Å². The standard InChI is InChI=1S/C13H27NO/c1-3-4-5-8-11-14-12-9-6-7-10-13(12)15-2/h12-14H,3-11H2,1-2H3. The van der Waals surface area contributed by atoms with Gasteiger partial charge in [0.1, 0.15) is 0 Å². The van der Waals surface area contributed by atoms with E-state index in [-0.39, 0.29) is 0 Å². The Kier molecular flexibility index (Phi) is 7.03. The number of unbranched alkanes of at least 4 members (excludes halogenated alkanes) is 3. The highest BCUT2D eigenvalue weighted by atomic mass is 16.5. The van der Waals surface area contributed by atoms with Gasteiger partial charge in [-0.1, -0.05) is 39.0 Å². The van der Waals surface area contributed by atoms with Crippen molar-refractivity contribution in [3.05, 3.63) is 0 Å². The monoisotopic (exact) mass is 213 g/mol. The van der Waals surface area contributed by atoms with Crippen LogP contribution >= 0.6 is 0 Å². The molecule has 0 amide bonds. The number of nitrogens with one attached hydrogen (secondary N) is 1. The van der Waals surface area contributed by atoms with Crippen LogP contribution in [-0.2, 0) is 4.74 Å². The fourth-order valence-corrected chi connectivity index (χ4v) is 2.45. The first kappa shape index (κ1) is 13.0. The van der Waals surface area contributed by atoms with E-state index >= 15 is 0 Å². The molecule has 1 aliphatic rings. The Morgan fingerprint density at radius 2 is 1.93 bits per heavy atom. The third-order valence-electron chi connectivity index (χ3n) is 3.44. The van der Waals surface area contributed by atoms with E-state index in [9.17, 15) is 0 Å². The summed E-state index contributed by atoms with van der Waals surface area (Å²) in [6.45, 7) is 3.43. The fraction of sp³-hybridized carbons (Fsp3) is 1.00. The minimum Gasteiger partial charge on any atom is -0.380 e. The predicted octanol–water partition coefficient (Wildman–Crippen LogP) is 3.11. The van der Waals surface area contributed by atoms with Crippen molar-refractivity contribution in [3.63, 3.8) is 0 Å². The van der Waals surface area contributed by atoms with Crippen LogP contribution in [0, 0.1) is 0 Å². The molecule has 90 valence electrons. The zero-order valence-electron chi connectivity index (χ0n) is 10.4. The molecule has 0 aromatic carbocycles. The summed E-state index contributed by atoms with van der Waals surface area (Å²) < 4.78 is 5.52. The van der Waals surface area contributed by atoms with E-state index < -0.39 is 0 Å². The minimum atomic E-state index is 0.463. The normalized spacial score (nSPS) is 26.8. The van der Waals surface area contributed by atoms with Crippen LogP contribution in [0.4, 0.5) is 0 Å². The van der Waals surface area contributed by atoms with E-state index in [2.05, 4.69) is 12.2 Å². The molecule has 1 saturated carbocycles. The van der Waals surface area contributed by atoms with Crippen molar-refractivity contribution in [3.8, 4) is 0 Å². The van der Waals surface area contributed by atoms with Crippen LogP contribution in [0.2, 0.25) is 0 Å². The molecule has 0 bridgehead atoms. The highest BCUT2D eigenvalue weighted by molar-refractivity contribution is 4.81. The molecule has 2 nitrogen and oxygen atoms in total. The summed E-state index contributed by atoms with van der Waals surface area (Å²) >= 11 is 0. The van der Waals surface area contributed by atoms with Gasteiger partial charge in [-0.3, -0.25) is 0 Å². The lowest BCUT2D eigenvalue weighted by atomic mass is 9.92. The highest BCUT2D eigenvalue weighted by Crippen LogP contribution is 2.20. The summed E-state index contributed by atoms with van der Waals surface area (Å²) in [5, 5.41) is 3.66. The highest BCUT2D eigenvalue weighted by Gasteiger charge is 2.23. The van der Waals surface area contributed by atoms with Crippen molar-refractivity contribution < 1.29 is 4.74 Å². The molecule has 2 unspecified atom stereocenters. The van der Waals surface area contributed by atoms with Gasteiger partial charge in [-0.05, 0) is 25.8 Å². The number of rotatable bonds is 7. The summed E-state index contributed by atoms with van der Waals surface area (Å²) in [6.07, 6.45) is 11.1. The molecule has 0 spiro atoms. The van der Waals surface area contributed by atoms with Gasteiger partial charge in [-0.15, -0.1) is 0 Å². The van der Waals surface area contributed by atoms with Crippen molar-refractivity contribution in [2.45, 2.75) is 70.4 Å². The average molecular weight is 213 g/mol. The molecule has 0 aromatic rings. The second kappa shape index (κ2) is 8.12. The molecule has 15 heavy (non-hydrogen) atoms. The average Bonchev–Trinajstić information content (AvgIpc) is 2.29. The van der Waals surface area contributed by atoms with E-state index in [1.165, 1.54) is 57.9 Å². The fourth-order valence-electron chi connectivity index (χ4n) is 2.45. The van der Waals surface area contributed by atoms with Gasteiger partial charge in [-0.25, -0.2) is 0 Å². The zero-order valence-corrected chi connectivity index (χ0v) is 10.4. The third-order valence-corrected chi connectivity index (χ3v) is 3.44. The van der Waals surface area contributed by atoms with Gasteiger partial charge >= 0.3 is 0 Å². The van der Waals surface area contributed by atoms with Crippen LogP contribution in [0.3, 0.4) is 0 Å². The summed E-state index contributed by atoms with van der Waals surface area (Å²) in [5.41, 5.74) is 0. The quantitative estimate of drug-likeness (QED) is 0.656. The van der Waals surface area contributed by atoms with E-state index in [0.29, 0.717) is 12.1 Å². The van der Waals surface area contributed by atoms with E-state index in [1.807, 2.05) is 7.11 Å². The molecule has 0 radical (unpaired) electrons. The maximum atomic E-state index is 5.52. The lowest BCUT2D eigenvalue weighted by Gasteiger charge is -2.31. The van der Waals surface area contributed by atoms with Crippen LogP contribution in [-0.4, -0.2) is 25.8 Å². The van der Waals surface area contributed by atoms with Crippen LogP contribution < -0.4 is 5.32 Å². The van der Waals surface area contributed by atoms with Gasteiger partial charge < -0.3 is 10.1 Å². The number of ether oxygens (including phenoxy) is 1.